The summed E-state index contributed by atoms with van der Waals surface area (Å²) in [4.78, 5) is 28.3. The van der Waals surface area contributed by atoms with Gasteiger partial charge in [0.2, 0.25) is 5.91 Å². The highest BCUT2D eigenvalue weighted by Crippen LogP contribution is 2.30. The van der Waals surface area contributed by atoms with Crippen molar-refractivity contribution in [3.63, 3.8) is 0 Å². The lowest BCUT2D eigenvalue weighted by Gasteiger charge is -2.33. The molecule has 0 bridgehead atoms. The number of nitriles is 1. The van der Waals surface area contributed by atoms with Crippen molar-refractivity contribution in [3.05, 3.63) is 94.0 Å². The van der Waals surface area contributed by atoms with Crippen molar-refractivity contribution >= 4 is 27.8 Å². The number of carbonyl (C=O) groups excluding carboxylic acids is 2. The van der Waals surface area contributed by atoms with Gasteiger partial charge < -0.3 is 9.64 Å². The predicted molar refractivity (Wildman–Crippen MR) is 149 cm³/mol. The molecule has 1 atom stereocenters. The number of unbranched alkanes of at least 4 members (excludes halogenated alkanes) is 1. The zero-order valence-corrected chi connectivity index (χ0v) is 23.2. The number of esters is 1. The monoisotopic (exact) mass is 560 g/mol. The summed E-state index contributed by atoms with van der Waals surface area (Å²) in [5, 5.41) is 9.49. The molecule has 3 aromatic carbocycles. The van der Waals surface area contributed by atoms with E-state index in [4.69, 9.17) is 4.74 Å². The van der Waals surface area contributed by atoms with Gasteiger partial charge in [-0.15, -0.1) is 0 Å². The molecule has 0 aromatic heterocycles. The van der Waals surface area contributed by atoms with E-state index in [1.54, 1.807) is 11.0 Å². The lowest BCUT2D eigenvalue weighted by molar-refractivity contribution is -0.159. The van der Waals surface area contributed by atoms with Crippen molar-refractivity contribution in [1.82, 2.24) is 4.90 Å². The molecule has 0 saturated heterocycles. The minimum absolute atomic E-state index is 0.0667. The van der Waals surface area contributed by atoms with E-state index in [9.17, 15) is 14.9 Å². The normalized spacial score (nSPS) is 11.6. The summed E-state index contributed by atoms with van der Waals surface area (Å²) >= 11 is 3.67. The summed E-state index contributed by atoms with van der Waals surface area (Å²) in [6.07, 6.45) is 2.02. The highest BCUT2D eigenvalue weighted by molar-refractivity contribution is 9.10. The Morgan fingerprint density at radius 2 is 1.73 bits per heavy atom. The fourth-order valence-electron chi connectivity index (χ4n) is 4.25. The van der Waals surface area contributed by atoms with Crippen LogP contribution in [0.25, 0.3) is 11.1 Å². The molecule has 37 heavy (non-hydrogen) atoms. The highest BCUT2D eigenvalue weighted by atomic mass is 79.9. The Morgan fingerprint density at radius 3 is 2.38 bits per heavy atom. The Balaban J connectivity index is 1.88. The van der Waals surface area contributed by atoms with E-state index < -0.39 is 12.0 Å². The molecule has 0 heterocycles. The Bertz CT molecular complexity index is 1250. The predicted octanol–water partition coefficient (Wildman–Crippen LogP) is 7.27. The van der Waals surface area contributed by atoms with Crippen molar-refractivity contribution in [2.45, 2.75) is 59.2 Å². The van der Waals surface area contributed by atoms with Crippen LogP contribution in [0.15, 0.2) is 77.3 Å². The number of ether oxygens (including phenoxy) is 1. The molecule has 0 radical (unpaired) electrons. The largest absolute Gasteiger partial charge is 0.459 e. The van der Waals surface area contributed by atoms with Crippen LogP contribution in [-0.4, -0.2) is 22.8 Å². The molecular formula is C31H33BrN2O3. The third-order valence-corrected chi connectivity index (χ3v) is 6.99. The first-order chi connectivity index (χ1) is 17.8. The number of rotatable bonds is 11. The first kappa shape index (κ1) is 28.1. The molecule has 0 aliphatic rings. The topological polar surface area (TPSA) is 70.4 Å². The number of halogens is 1. The van der Waals surface area contributed by atoms with E-state index >= 15 is 0 Å². The van der Waals surface area contributed by atoms with Crippen LogP contribution in [0.1, 0.15) is 56.7 Å². The number of benzene rings is 3. The second-order valence-electron chi connectivity index (χ2n) is 9.37. The summed E-state index contributed by atoms with van der Waals surface area (Å²) in [5.41, 5.74) is 4.12. The van der Waals surface area contributed by atoms with Crippen molar-refractivity contribution in [1.29, 1.82) is 5.26 Å². The maximum Gasteiger partial charge on any atom is 0.329 e. The lowest BCUT2D eigenvalue weighted by Crippen LogP contribution is -2.48. The Kier molecular flexibility index (Phi) is 10.5. The maximum absolute atomic E-state index is 13.4. The van der Waals surface area contributed by atoms with Gasteiger partial charge in [-0.25, -0.2) is 4.79 Å². The zero-order chi connectivity index (χ0) is 26.8. The number of carbonyl (C=O) groups is 2. The molecular weight excluding hydrogens is 528 g/mol. The van der Waals surface area contributed by atoms with Gasteiger partial charge in [0.1, 0.15) is 12.6 Å². The average Bonchev–Trinajstić information content (AvgIpc) is 2.91. The van der Waals surface area contributed by atoms with Crippen LogP contribution in [0.4, 0.5) is 0 Å². The average molecular weight is 562 g/mol. The van der Waals surface area contributed by atoms with E-state index in [1.165, 1.54) is 0 Å². The van der Waals surface area contributed by atoms with Crippen LogP contribution in [0.5, 0.6) is 0 Å². The Labute approximate surface area is 228 Å². The third-order valence-electron chi connectivity index (χ3n) is 6.25. The fraction of sp³-hybridized carbons (Fsp3) is 0.323. The number of nitrogens with zero attached hydrogens (tertiary/aromatic N) is 2. The molecule has 0 spiro atoms. The van der Waals surface area contributed by atoms with Crippen LogP contribution >= 0.6 is 15.9 Å². The quantitative estimate of drug-likeness (QED) is 0.231. The maximum atomic E-state index is 13.4. The minimum Gasteiger partial charge on any atom is -0.459 e. The van der Waals surface area contributed by atoms with Gasteiger partial charge in [-0.3, -0.25) is 4.79 Å². The molecule has 5 nitrogen and oxygen atoms in total. The Morgan fingerprint density at radius 1 is 1.03 bits per heavy atom. The van der Waals surface area contributed by atoms with E-state index in [2.05, 4.69) is 22.0 Å². The molecule has 0 fully saturated rings. The number of hydrogen-bond acceptors (Lipinski definition) is 4. The van der Waals surface area contributed by atoms with Crippen LogP contribution in [0.3, 0.4) is 0 Å². The molecule has 3 rings (SSSR count). The zero-order valence-electron chi connectivity index (χ0n) is 21.6. The minimum atomic E-state index is -0.709. The van der Waals surface area contributed by atoms with Crippen molar-refractivity contribution in [2.24, 2.45) is 5.92 Å². The van der Waals surface area contributed by atoms with Gasteiger partial charge in [0.25, 0.3) is 0 Å². The van der Waals surface area contributed by atoms with Crippen molar-refractivity contribution < 1.29 is 14.3 Å². The summed E-state index contributed by atoms with van der Waals surface area (Å²) in [5.74, 6) is -0.600. The molecule has 6 heteroatoms. The van der Waals surface area contributed by atoms with E-state index in [1.807, 2.05) is 87.5 Å². The first-order valence-electron chi connectivity index (χ1n) is 12.6. The summed E-state index contributed by atoms with van der Waals surface area (Å²) < 4.78 is 6.49. The van der Waals surface area contributed by atoms with E-state index in [0.717, 1.165) is 39.6 Å². The lowest BCUT2D eigenvalue weighted by atomic mass is 9.98. The molecule has 0 aliphatic carbocycles. The summed E-state index contributed by atoms with van der Waals surface area (Å²) in [6, 6.07) is 24.4. The molecule has 192 valence electrons. The fourth-order valence-corrected chi connectivity index (χ4v) is 4.75. The molecule has 1 amide bonds. The van der Waals surface area contributed by atoms with Crippen LogP contribution < -0.4 is 0 Å². The molecule has 0 N–H and O–H groups in total. The van der Waals surface area contributed by atoms with Gasteiger partial charge in [0.05, 0.1) is 11.6 Å². The van der Waals surface area contributed by atoms with Gasteiger partial charge in [-0.1, -0.05) is 104 Å². The molecule has 0 unspecified atom stereocenters. The van der Waals surface area contributed by atoms with Crippen LogP contribution in [-0.2, 0) is 27.5 Å². The first-order valence-corrected chi connectivity index (χ1v) is 13.4. The molecule has 0 saturated carbocycles. The van der Waals surface area contributed by atoms with Gasteiger partial charge in [0, 0.05) is 17.4 Å². The third kappa shape index (κ3) is 7.53. The van der Waals surface area contributed by atoms with Crippen molar-refractivity contribution in [2.75, 3.05) is 0 Å². The highest BCUT2D eigenvalue weighted by Gasteiger charge is 2.34. The molecule has 0 aliphatic heterocycles. The van der Waals surface area contributed by atoms with Gasteiger partial charge >= 0.3 is 5.97 Å². The summed E-state index contributed by atoms with van der Waals surface area (Å²) in [6.45, 7) is 6.35. The van der Waals surface area contributed by atoms with Crippen LogP contribution in [0.2, 0.25) is 0 Å². The van der Waals surface area contributed by atoms with Crippen molar-refractivity contribution in [3.8, 4) is 17.2 Å². The number of amides is 1. The van der Waals surface area contributed by atoms with Gasteiger partial charge in [0.15, 0.2) is 0 Å². The summed E-state index contributed by atoms with van der Waals surface area (Å²) in [7, 11) is 0. The van der Waals surface area contributed by atoms with Crippen LogP contribution in [0, 0.1) is 17.2 Å². The van der Waals surface area contributed by atoms with Gasteiger partial charge in [-0.05, 0) is 46.7 Å². The second-order valence-corrected chi connectivity index (χ2v) is 10.2. The van der Waals surface area contributed by atoms with E-state index in [0.29, 0.717) is 12.0 Å². The van der Waals surface area contributed by atoms with E-state index in [-0.39, 0.29) is 25.0 Å². The Hall–Kier alpha value is -3.43. The second kappa shape index (κ2) is 13.8. The molecule has 3 aromatic rings. The standard InChI is InChI=1S/C31H33BrN2O3/c1-4-5-15-29(35)34(30(22(2)3)31(36)37-21-23-11-7-6-8-12-23)20-26-17-16-24(18-28(26)32)27-14-10-9-13-25(27)19-33/h6-14,16-18,22,30H,4-5,15,20-21H2,1-3H3/t30-/m0/s1. The SMILES string of the molecule is CCCCC(=O)N(Cc1ccc(-c2ccccc2C#N)cc1Br)[C@H](C(=O)OCc1ccccc1)C(C)C. The number of hydrogen-bond donors (Lipinski definition) is 0. The smallest absolute Gasteiger partial charge is 0.329 e. The van der Waals surface area contributed by atoms with Gasteiger partial charge in [-0.2, -0.15) is 5.26 Å².